The minimum Gasteiger partial charge on any atom is -0.493 e. The highest BCUT2D eigenvalue weighted by molar-refractivity contribution is 9.10. The zero-order chi connectivity index (χ0) is 28.5. The largest absolute Gasteiger partial charge is 0.493 e. The number of aromatic nitrogens is 2. The first-order chi connectivity index (χ1) is 19.4. The number of ether oxygens (including phenoxy) is 4. The van der Waals surface area contributed by atoms with Crippen LogP contribution >= 0.6 is 15.9 Å². The maximum Gasteiger partial charge on any atom is 0.323 e. The van der Waals surface area contributed by atoms with E-state index < -0.39 is 12.0 Å². The van der Waals surface area contributed by atoms with E-state index >= 15 is 0 Å². The number of carbonyl (C=O) groups excluding carboxylic acids is 2. The predicted molar refractivity (Wildman–Crippen MR) is 155 cm³/mol. The highest BCUT2D eigenvalue weighted by atomic mass is 79.9. The number of hydrogen-bond donors (Lipinski definition) is 1. The van der Waals surface area contributed by atoms with Crippen molar-refractivity contribution in [3.8, 4) is 11.5 Å². The molecule has 1 aliphatic heterocycles. The summed E-state index contributed by atoms with van der Waals surface area (Å²) in [6.45, 7) is 5.86. The molecule has 0 saturated carbocycles. The summed E-state index contributed by atoms with van der Waals surface area (Å²) in [7, 11) is 1.61. The monoisotopic (exact) mass is 614 g/mol. The minimum absolute atomic E-state index is 0.0115. The zero-order valence-electron chi connectivity index (χ0n) is 23.0. The maximum absolute atomic E-state index is 12.6. The lowest BCUT2D eigenvalue weighted by molar-refractivity contribution is -0.157. The summed E-state index contributed by atoms with van der Waals surface area (Å²) in [6, 6.07) is 11.0. The number of likely N-dealkylation sites (tertiary alicyclic amines) is 1. The fourth-order valence-corrected chi connectivity index (χ4v) is 5.15. The summed E-state index contributed by atoms with van der Waals surface area (Å²) in [5.74, 6) is 1.36. The molecule has 1 aromatic heterocycles. The molecule has 2 aromatic carbocycles. The summed E-state index contributed by atoms with van der Waals surface area (Å²) in [5.41, 5.74) is 1.63. The van der Waals surface area contributed by atoms with Gasteiger partial charge in [0.2, 0.25) is 0 Å². The third-order valence-electron chi connectivity index (χ3n) is 6.80. The molecule has 1 unspecified atom stereocenters. The van der Waals surface area contributed by atoms with E-state index in [1.807, 2.05) is 41.3 Å². The van der Waals surface area contributed by atoms with Gasteiger partial charge in [-0.15, -0.1) is 0 Å². The van der Waals surface area contributed by atoms with E-state index in [9.17, 15) is 9.59 Å². The first-order valence-electron chi connectivity index (χ1n) is 13.5. The van der Waals surface area contributed by atoms with Crippen LogP contribution in [0.15, 0.2) is 47.2 Å². The molecule has 0 bridgehead atoms. The molecule has 0 amide bonds. The highest BCUT2D eigenvalue weighted by Crippen LogP contribution is 2.35. The van der Waals surface area contributed by atoms with Gasteiger partial charge in [-0.25, -0.2) is 9.97 Å². The zero-order valence-corrected chi connectivity index (χ0v) is 24.6. The molecule has 40 heavy (non-hydrogen) atoms. The molecule has 1 N–H and O–H groups in total. The molecule has 2 heterocycles. The van der Waals surface area contributed by atoms with Crippen LogP contribution in [0.3, 0.4) is 0 Å². The SMILES string of the molecule is CCOC(=O)CC(C(=O)OCC)N1CCC(COc2cc3ncnc(Nc4cccc(Br)c4)c3cc2OC)CC1. The second-order valence-corrected chi connectivity index (χ2v) is 10.4. The third-order valence-corrected chi connectivity index (χ3v) is 7.29. The standard InChI is InChI=1S/C29H35BrN4O6/c1-4-38-27(35)16-24(29(36)39-5-2)34-11-9-19(10-12-34)17-40-26-15-23-22(14-25(26)37-3)28(32-18-31-23)33-21-8-6-7-20(30)13-21/h6-8,13-15,18-19,24H,4-5,9-12,16-17H2,1-3H3,(H,31,32,33). The molecule has 4 rings (SSSR count). The molecule has 3 aromatic rings. The smallest absolute Gasteiger partial charge is 0.323 e. The van der Waals surface area contributed by atoms with Gasteiger partial charge in [-0.2, -0.15) is 0 Å². The Bertz CT molecular complexity index is 1310. The van der Waals surface area contributed by atoms with Crippen molar-refractivity contribution < 1.29 is 28.5 Å². The van der Waals surface area contributed by atoms with Gasteiger partial charge in [-0.3, -0.25) is 14.5 Å². The van der Waals surface area contributed by atoms with Gasteiger partial charge < -0.3 is 24.3 Å². The van der Waals surface area contributed by atoms with Gasteiger partial charge in [-0.1, -0.05) is 22.0 Å². The van der Waals surface area contributed by atoms with Crippen molar-refractivity contribution >= 4 is 50.3 Å². The van der Waals surface area contributed by atoms with Crippen molar-refractivity contribution in [1.82, 2.24) is 14.9 Å². The second kappa shape index (κ2) is 14.3. The summed E-state index contributed by atoms with van der Waals surface area (Å²) >= 11 is 3.49. The molecule has 1 fully saturated rings. The fourth-order valence-electron chi connectivity index (χ4n) is 4.76. The van der Waals surface area contributed by atoms with Gasteiger partial charge >= 0.3 is 11.9 Å². The normalized spacial score (nSPS) is 14.9. The summed E-state index contributed by atoms with van der Waals surface area (Å²) in [6.07, 6.45) is 3.14. The highest BCUT2D eigenvalue weighted by Gasteiger charge is 2.33. The van der Waals surface area contributed by atoms with Crippen LogP contribution in [-0.2, 0) is 19.1 Å². The van der Waals surface area contributed by atoms with Crippen LogP contribution in [0.25, 0.3) is 10.9 Å². The molecule has 0 radical (unpaired) electrons. The van der Waals surface area contributed by atoms with Crippen molar-refractivity contribution in [2.45, 2.75) is 39.2 Å². The average Bonchev–Trinajstić information content (AvgIpc) is 2.95. The molecule has 0 spiro atoms. The van der Waals surface area contributed by atoms with Crippen LogP contribution < -0.4 is 14.8 Å². The average molecular weight is 616 g/mol. The van der Waals surface area contributed by atoms with Crippen molar-refractivity contribution in [3.63, 3.8) is 0 Å². The van der Waals surface area contributed by atoms with Crippen LogP contribution in [0.2, 0.25) is 0 Å². The number of piperidine rings is 1. The lowest BCUT2D eigenvalue weighted by Crippen LogP contribution is -2.48. The fraction of sp³-hybridized carbons (Fsp3) is 0.448. The lowest BCUT2D eigenvalue weighted by Gasteiger charge is -2.35. The van der Waals surface area contributed by atoms with Crippen molar-refractivity contribution in [3.05, 3.63) is 47.2 Å². The quantitative estimate of drug-likeness (QED) is 0.276. The molecule has 11 heteroatoms. The van der Waals surface area contributed by atoms with E-state index in [1.54, 1.807) is 21.0 Å². The Labute approximate surface area is 242 Å². The van der Waals surface area contributed by atoms with Crippen LogP contribution in [0.5, 0.6) is 11.5 Å². The number of methoxy groups -OCH3 is 1. The Morgan fingerprint density at radius 3 is 2.55 bits per heavy atom. The Kier molecular flexibility index (Phi) is 10.5. The van der Waals surface area contributed by atoms with E-state index in [1.165, 1.54) is 6.33 Å². The predicted octanol–water partition coefficient (Wildman–Crippen LogP) is 5.12. The number of nitrogens with one attached hydrogen (secondary N) is 1. The molecule has 214 valence electrons. The van der Waals surface area contributed by atoms with Crippen LogP contribution in [-0.4, -0.2) is 72.9 Å². The van der Waals surface area contributed by atoms with Crippen LogP contribution in [0, 0.1) is 5.92 Å². The van der Waals surface area contributed by atoms with Gasteiger partial charge in [0.1, 0.15) is 18.2 Å². The summed E-state index contributed by atoms with van der Waals surface area (Å²) < 4.78 is 23.2. The third kappa shape index (κ3) is 7.60. The van der Waals surface area contributed by atoms with E-state index in [-0.39, 0.29) is 31.5 Å². The van der Waals surface area contributed by atoms with Crippen molar-refractivity contribution in [1.29, 1.82) is 0 Å². The lowest BCUT2D eigenvalue weighted by atomic mass is 9.96. The molecule has 1 saturated heterocycles. The molecule has 0 aliphatic carbocycles. The number of halogens is 1. The second-order valence-electron chi connectivity index (χ2n) is 9.45. The summed E-state index contributed by atoms with van der Waals surface area (Å²) in [4.78, 5) is 35.6. The molecular formula is C29H35BrN4O6. The van der Waals surface area contributed by atoms with Crippen molar-refractivity contribution in [2.75, 3.05) is 45.3 Å². The van der Waals surface area contributed by atoms with Gasteiger partial charge in [0.25, 0.3) is 0 Å². The first kappa shape index (κ1) is 29.5. The number of benzene rings is 2. The van der Waals surface area contributed by atoms with Gasteiger partial charge in [0.05, 0.1) is 38.9 Å². The number of fused-ring (bicyclic) bond motifs is 1. The molecule has 10 nitrogen and oxygen atoms in total. The Morgan fingerprint density at radius 2 is 1.85 bits per heavy atom. The molecule has 1 atom stereocenters. The minimum atomic E-state index is -0.638. The maximum atomic E-state index is 12.6. The Hall–Kier alpha value is -3.44. The number of nitrogens with zero attached hydrogens (tertiary/aromatic N) is 3. The number of anilines is 2. The van der Waals surface area contributed by atoms with Gasteiger partial charge in [0.15, 0.2) is 11.5 Å². The van der Waals surface area contributed by atoms with Crippen LogP contribution in [0.4, 0.5) is 11.5 Å². The first-order valence-corrected chi connectivity index (χ1v) is 14.3. The van der Waals surface area contributed by atoms with E-state index in [4.69, 9.17) is 18.9 Å². The van der Waals surface area contributed by atoms with Gasteiger partial charge in [0, 0.05) is 21.6 Å². The van der Waals surface area contributed by atoms with E-state index in [0.717, 1.165) is 33.9 Å². The topological polar surface area (TPSA) is 112 Å². The van der Waals surface area contributed by atoms with Crippen LogP contribution in [0.1, 0.15) is 33.1 Å². The molecule has 1 aliphatic rings. The van der Waals surface area contributed by atoms with Crippen molar-refractivity contribution in [2.24, 2.45) is 5.92 Å². The number of hydrogen-bond acceptors (Lipinski definition) is 10. The van der Waals surface area contributed by atoms with E-state index in [2.05, 4.69) is 31.2 Å². The Balaban J connectivity index is 1.40. The molecular weight excluding hydrogens is 580 g/mol. The number of rotatable bonds is 12. The number of carbonyl (C=O) groups is 2. The van der Waals surface area contributed by atoms with Gasteiger partial charge in [-0.05, 0) is 70.0 Å². The summed E-state index contributed by atoms with van der Waals surface area (Å²) in [5, 5.41) is 4.16. The number of esters is 2. The Morgan fingerprint density at radius 1 is 1.07 bits per heavy atom. The van der Waals surface area contributed by atoms with E-state index in [0.29, 0.717) is 37.0 Å².